The lowest BCUT2D eigenvalue weighted by atomic mass is 9.93. The van der Waals surface area contributed by atoms with Crippen LogP contribution in [0.15, 0.2) is 23.1 Å². The fourth-order valence-corrected chi connectivity index (χ4v) is 3.09. The van der Waals surface area contributed by atoms with E-state index in [1.807, 2.05) is 0 Å². The summed E-state index contributed by atoms with van der Waals surface area (Å²) in [4.78, 5) is 11.6. The summed E-state index contributed by atoms with van der Waals surface area (Å²) in [7, 11) is -0.962. The SMILES string of the molecule is CNC(=O)C(C)(C)CNS(=O)(=O)c1cc(N)ccc1OC. The Labute approximate surface area is 124 Å². The Morgan fingerprint density at radius 2 is 2.00 bits per heavy atom. The van der Waals surface area contributed by atoms with E-state index in [2.05, 4.69) is 10.0 Å². The zero-order valence-corrected chi connectivity index (χ0v) is 13.4. The first-order valence-corrected chi connectivity index (χ1v) is 7.78. The summed E-state index contributed by atoms with van der Waals surface area (Å²) in [5, 5.41) is 2.49. The Hall–Kier alpha value is -1.80. The minimum atomic E-state index is -3.84. The molecule has 0 spiro atoms. The molecule has 1 aromatic carbocycles. The van der Waals surface area contributed by atoms with Gasteiger partial charge in [-0.2, -0.15) is 0 Å². The quantitative estimate of drug-likeness (QED) is 0.655. The molecule has 0 saturated carbocycles. The van der Waals surface area contributed by atoms with Gasteiger partial charge in [-0.05, 0) is 32.0 Å². The van der Waals surface area contributed by atoms with Crippen LogP contribution in [0, 0.1) is 5.41 Å². The van der Waals surface area contributed by atoms with Crippen LogP contribution in [-0.4, -0.2) is 35.0 Å². The van der Waals surface area contributed by atoms with Gasteiger partial charge in [0, 0.05) is 19.3 Å². The fraction of sp³-hybridized carbons (Fsp3) is 0.462. The van der Waals surface area contributed by atoms with Crippen molar-refractivity contribution in [2.45, 2.75) is 18.7 Å². The van der Waals surface area contributed by atoms with Crippen LogP contribution in [0.3, 0.4) is 0 Å². The van der Waals surface area contributed by atoms with E-state index in [-0.39, 0.29) is 23.1 Å². The number of nitrogens with one attached hydrogen (secondary N) is 2. The van der Waals surface area contributed by atoms with Gasteiger partial charge in [0.05, 0.1) is 12.5 Å². The van der Waals surface area contributed by atoms with Crippen molar-refractivity contribution < 1.29 is 17.9 Å². The first-order valence-electron chi connectivity index (χ1n) is 6.29. The van der Waals surface area contributed by atoms with Crippen LogP contribution in [0.25, 0.3) is 0 Å². The van der Waals surface area contributed by atoms with Crippen LogP contribution in [0.1, 0.15) is 13.8 Å². The van der Waals surface area contributed by atoms with Gasteiger partial charge in [0.25, 0.3) is 0 Å². The molecule has 0 atom stereocenters. The third-order valence-corrected chi connectivity index (χ3v) is 4.45. The van der Waals surface area contributed by atoms with Gasteiger partial charge in [0.2, 0.25) is 15.9 Å². The molecule has 0 aliphatic rings. The first kappa shape index (κ1) is 17.3. The van der Waals surface area contributed by atoms with Crippen molar-refractivity contribution in [3.05, 3.63) is 18.2 Å². The highest BCUT2D eigenvalue weighted by molar-refractivity contribution is 7.89. The lowest BCUT2D eigenvalue weighted by molar-refractivity contribution is -0.128. The number of methoxy groups -OCH3 is 1. The minimum absolute atomic E-state index is 0.0487. The van der Waals surface area contributed by atoms with Gasteiger partial charge in [-0.15, -0.1) is 0 Å². The predicted molar refractivity (Wildman–Crippen MR) is 80.4 cm³/mol. The van der Waals surface area contributed by atoms with Gasteiger partial charge in [-0.3, -0.25) is 4.79 Å². The second kappa shape index (κ2) is 6.31. The van der Waals surface area contributed by atoms with E-state index in [1.54, 1.807) is 19.9 Å². The molecule has 7 nitrogen and oxygen atoms in total. The molecule has 0 aliphatic carbocycles. The molecule has 0 unspecified atom stereocenters. The van der Waals surface area contributed by atoms with E-state index < -0.39 is 15.4 Å². The Kier molecular flexibility index (Phi) is 5.19. The molecule has 1 amide bonds. The molecule has 1 aromatic rings. The van der Waals surface area contributed by atoms with Crippen LogP contribution in [0.4, 0.5) is 5.69 Å². The molecule has 0 saturated heterocycles. The van der Waals surface area contributed by atoms with E-state index in [4.69, 9.17) is 10.5 Å². The number of nitrogens with two attached hydrogens (primary N) is 1. The van der Waals surface area contributed by atoms with Gasteiger partial charge < -0.3 is 15.8 Å². The number of benzene rings is 1. The van der Waals surface area contributed by atoms with Crippen LogP contribution >= 0.6 is 0 Å². The van der Waals surface area contributed by atoms with Crippen LogP contribution in [0.5, 0.6) is 5.75 Å². The second-order valence-electron chi connectivity index (χ2n) is 5.20. The number of sulfonamides is 1. The van der Waals surface area contributed by atoms with Crippen molar-refractivity contribution in [1.82, 2.24) is 10.0 Å². The third kappa shape index (κ3) is 4.08. The van der Waals surface area contributed by atoms with Crippen molar-refractivity contribution in [3.8, 4) is 5.75 Å². The standard InChI is InChI=1S/C13H21N3O4S/c1-13(2,12(17)15-3)8-16-21(18,19)11-7-9(14)5-6-10(11)20-4/h5-7,16H,8,14H2,1-4H3,(H,15,17). The highest BCUT2D eigenvalue weighted by atomic mass is 32.2. The predicted octanol–water partition coefficient (Wildman–Crippen LogP) is 0.328. The summed E-state index contributed by atoms with van der Waals surface area (Å²) in [6, 6.07) is 4.34. The molecule has 0 fully saturated rings. The molecular weight excluding hydrogens is 294 g/mol. The molecule has 0 heterocycles. The number of hydrogen-bond acceptors (Lipinski definition) is 5. The van der Waals surface area contributed by atoms with E-state index in [0.717, 1.165) is 0 Å². The van der Waals surface area contributed by atoms with Crippen LogP contribution in [0.2, 0.25) is 0 Å². The van der Waals surface area contributed by atoms with E-state index in [9.17, 15) is 13.2 Å². The Balaban J connectivity index is 3.03. The molecule has 0 aliphatic heterocycles. The normalized spacial score (nSPS) is 12.0. The molecule has 8 heteroatoms. The average molecular weight is 315 g/mol. The highest BCUT2D eigenvalue weighted by Crippen LogP contribution is 2.26. The maximum atomic E-state index is 12.3. The number of rotatable bonds is 6. The molecule has 0 radical (unpaired) electrons. The lowest BCUT2D eigenvalue weighted by Crippen LogP contribution is -2.43. The summed E-state index contributed by atoms with van der Waals surface area (Å²) >= 11 is 0. The third-order valence-electron chi connectivity index (χ3n) is 3.02. The Bertz CT molecular complexity index is 626. The largest absolute Gasteiger partial charge is 0.495 e. The maximum Gasteiger partial charge on any atom is 0.244 e. The molecule has 0 bridgehead atoms. The number of nitrogen functional groups attached to an aromatic ring is 1. The zero-order valence-electron chi connectivity index (χ0n) is 12.6. The van der Waals surface area contributed by atoms with Gasteiger partial charge in [0.1, 0.15) is 10.6 Å². The highest BCUT2D eigenvalue weighted by Gasteiger charge is 2.29. The summed E-state index contributed by atoms with van der Waals surface area (Å²) in [6.07, 6.45) is 0. The van der Waals surface area contributed by atoms with E-state index in [1.165, 1.54) is 26.3 Å². The molecular formula is C13H21N3O4S. The lowest BCUT2D eigenvalue weighted by Gasteiger charge is -2.23. The number of carbonyl (C=O) groups excluding carboxylic acids is 1. The van der Waals surface area contributed by atoms with E-state index >= 15 is 0 Å². The van der Waals surface area contributed by atoms with Gasteiger partial charge in [-0.1, -0.05) is 0 Å². The fourth-order valence-electron chi connectivity index (χ4n) is 1.68. The number of amides is 1. The van der Waals surface area contributed by atoms with E-state index in [0.29, 0.717) is 5.69 Å². The zero-order chi connectivity index (χ0) is 16.3. The van der Waals surface area contributed by atoms with Gasteiger partial charge in [-0.25, -0.2) is 13.1 Å². The van der Waals surface area contributed by atoms with Crippen molar-refractivity contribution in [2.75, 3.05) is 26.4 Å². The summed E-state index contributed by atoms with van der Waals surface area (Å²) in [6.45, 7) is 3.24. The summed E-state index contributed by atoms with van der Waals surface area (Å²) < 4.78 is 32.1. The number of ether oxygens (including phenoxy) is 1. The monoisotopic (exact) mass is 315 g/mol. The van der Waals surface area contributed by atoms with Crippen molar-refractivity contribution in [3.63, 3.8) is 0 Å². The van der Waals surface area contributed by atoms with Crippen molar-refractivity contribution in [2.24, 2.45) is 5.41 Å². The summed E-state index contributed by atoms with van der Waals surface area (Å²) in [5.41, 5.74) is 5.05. The smallest absolute Gasteiger partial charge is 0.244 e. The van der Waals surface area contributed by atoms with Gasteiger partial charge in [0.15, 0.2) is 0 Å². The topological polar surface area (TPSA) is 111 Å². The minimum Gasteiger partial charge on any atom is -0.495 e. The molecule has 0 aromatic heterocycles. The Morgan fingerprint density at radius 1 is 1.38 bits per heavy atom. The molecule has 4 N–H and O–H groups in total. The summed E-state index contributed by atoms with van der Waals surface area (Å²) in [5.74, 6) is -0.0702. The van der Waals surface area contributed by atoms with Crippen LogP contribution in [-0.2, 0) is 14.8 Å². The van der Waals surface area contributed by atoms with Crippen molar-refractivity contribution >= 4 is 21.6 Å². The number of hydrogen-bond donors (Lipinski definition) is 3. The first-order chi connectivity index (χ1) is 9.64. The number of carbonyl (C=O) groups is 1. The van der Waals surface area contributed by atoms with Crippen LogP contribution < -0.4 is 20.5 Å². The second-order valence-corrected chi connectivity index (χ2v) is 6.93. The molecule has 21 heavy (non-hydrogen) atoms. The molecule has 1 rings (SSSR count). The average Bonchev–Trinajstić information content (AvgIpc) is 2.44. The Morgan fingerprint density at radius 3 is 2.52 bits per heavy atom. The number of anilines is 1. The van der Waals surface area contributed by atoms with Crippen molar-refractivity contribution in [1.29, 1.82) is 0 Å². The maximum absolute atomic E-state index is 12.3. The van der Waals surface area contributed by atoms with Gasteiger partial charge >= 0.3 is 0 Å². The molecule has 118 valence electrons.